The Bertz CT molecular complexity index is 555. The number of fused-ring (bicyclic) bond motifs is 1. The van der Waals surface area contributed by atoms with Crippen molar-refractivity contribution in [2.75, 3.05) is 31.7 Å². The van der Waals surface area contributed by atoms with Gasteiger partial charge in [-0.1, -0.05) is 18.2 Å². The van der Waals surface area contributed by atoms with Crippen LogP contribution in [0.15, 0.2) is 24.3 Å². The van der Waals surface area contributed by atoms with Gasteiger partial charge in [0.15, 0.2) is 0 Å². The Morgan fingerprint density at radius 2 is 2.00 bits per heavy atom. The van der Waals surface area contributed by atoms with Gasteiger partial charge in [0.25, 0.3) is 0 Å². The Labute approximate surface area is 113 Å². The number of aryl methyl sites for hydroxylation is 1. The van der Waals surface area contributed by atoms with Crippen molar-refractivity contribution < 1.29 is 9.84 Å². The molecule has 2 aromatic rings. The molecule has 4 heteroatoms. The molecule has 4 nitrogen and oxygen atoms in total. The van der Waals surface area contributed by atoms with Crippen LogP contribution < -0.4 is 5.32 Å². The van der Waals surface area contributed by atoms with Gasteiger partial charge in [-0.15, -0.1) is 0 Å². The normalized spacial score (nSPS) is 10.9. The van der Waals surface area contributed by atoms with Gasteiger partial charge in [-0.05, 0) is 25.5 Å². The largest absolute Gasteiger partial charge is 0.394 e. The highest BCUT2D eigenvalue weighted by atomic mass is 16.5. The van der Waals surface area contributed by atoms with Crippen LogP contribution in [0.4, 0.5) is 5.69 Å². The Morgan fingerprint density at radius 1 is 1.21 bits per heavy atom. The van der Waals surface area contributed by atoms with Crippen LogP contribution >= 0.6 is 0 Å². The maximum absolute atomic E-state index is 8.65. The molecule has 1 aromatic heterocycles. The van der Waals surface area contributed by atoms with Gasteiger partial charge < -0.3 is 15.2 Å². The number of pyridine rings is 1. The minimum absolute atomic E-state index is 0.0658. The molecular weight excluding hydrogens is 240 g/mol. The van der Waals surface area contributed by atoms with E-state index in [1.807, 2.05) is 25.1 Å². The van der Waals surface area contributed by atoms with Gasteiger partial charge in [0.2, 0.25) is 0 Å². The van der Waals surface area contributed by atoms with E-state index in [-0.39, 0.29) is 6.61 Å². The molecule has 102 valence electrons. The second-order valence-corrected chi connectivity index (χ2v) is 4.48. The maximum atomic E-state index is 8.65. The standard InChI is InChI=1S/C15H20N2O2/c1-11-12(2)17-14-6-4-3-5-13(14)15(11)16-7-9-19-10-8-18/h3-6,18H,7-10H2,1-2H3,(H,16,17). The molecular formula is C15H20N2O2. The summed E-state index contributed by atoms with van der Waals surface area (Å²) in [6.07, 6.45) is 0. The molecule has 0 bridgehead atoms. The van der Waals surface area contributed by atoms with E-state index in [0.29, 0.717) is 19.8 Å². The van der Waals surface area contributed by atoms with Gasteiger partial charge in [-0.25, -0.2) is 0 Å². The molecule has 0 aliphatic carbocycles. The van der Waals surface area contributed by atoms with E-state index in [1.165, 1.54) is 5.56 Å². The number of aromatic nitrogens is 1. The van der Waals surface area contributed by atoms with Gasteiger partial charge in [0.05, 0.1) is 25.3 Å². The zero-order chi connectivity index (χ0) is 13.7. The highest BCUT2D eigenvalue weighted by molar-refractivity contribution is 5.93. The van der Waals surface area contributed by atoms with Crippen LogP contribution in [0.1, 0.15) is 11.3 Å². The van der Waals surface area contributed by atoms with E-state index in [9.17, 15) is 0 Å². The van der Waals surface area contributed by atoms with E-state index < -0.39 is 0 Å². The van der Waals surface area contributed by atoms with E-state index in [2.05, 4.69) is 23.3 Å². The molecule has 2 rings (SSSR count). The number of anilines is 1. The Kier molecular flexibility index (Phi) is 4.71. The number of para-hydroxylation sites is 1. The third-order valence-electron chi connectivity index (χ3n) is 3.16. The molecule has 0 amide bonds. The molecule has 0 spiro atoms. The molecule has 0 aliphatic rings. The van der Waals surface area contributed by atoms with Crippen molar-refractivity contribution in [2.45, 2.75) is 13.8 Å². The molecule has 1 heterocycles. The van der Waals surface area contributed by atoms with Crippen LogP contribution in [-0.4, -0.2) is 36.5 Å². The fourth-order valence-corrected chi connectivity index (χ4v) is 2.07. The van der Waals surface area contributed by atoms with Crippen LogP contribution in [0, 0.1) is 13.8 Å². The first-order chi connectivity index (χ1) is 9.24. The Morgan fingerprint density at radius 3 is 2.79 bits per heavy atom. The van der Waals surface area contributed by atoms with Gasteiger partial charge in [0, 0.05) is 23.3 Å². The smallest absolute Gasteiger partial charge is 0.0726 e. The topological polar surface area (TPSA) is 54.4 Å². The summed E-state index contributed by atoms with van der Waals surface area (Å²) in [6.45, 7) is 5.85. The van der Waals surface area contributed by atoms with E-state index in [4.69, 9.17) is 9.84 Å². The number of aliphatic hydroxyl groups is 1. The monoisotopic (exact) mass is 260 g/mol. The summed E-state index contributed by atoms with van der Waals surface area (Å²) in [6, 6.07) is 8.12. The van der Waals surface area contributed by atoms with Gasteiger partial charge in [-0.3, -0.25) is 4.98 Å². The van der Waals surface area contributed by atoms with Crippen molar-refractivity contribution in [2.24, 2.45) is 0 Å². The first-order valence-electron chi connectivity index (χ1n) is 6.52. The number of hydrogen-bond acceptors (Lipinski definition) is 4. The Balaban J connectivity index is 2.18. The summed E-state index contributed by atoms with van der Waals surface area (Å²) in [5, 5.41) is 13.2. The van der Waals surface area contributed by atoms with E-state index in [0.717, 1.165) is 22.3 Å². The van der Waals surface area contributed by atoms with Crippen LogP contribution in [0.2, 0.25) is 0 Å². The number of benzene rings is 1. The lowest BCUT2D eigenvalue weighted by molar-refractivity contribution is 0.0992. The fraction of sp³-hybridized carbons (Fsp3) is 0.400. The van der Waals surface area contributed by atoms with Crippen molar-refractivity contribution >= 4 is 16.6 Å². The lowest BCUT2D eigenvalue weighted by atomic mass is 10.1. The second-order valence-electron chi connectivity index (χ2n) is 4.48. The molecule has 0 saturated carbocycles. The van der Waals surface area contributed by atoms with Crippen molar-refractivity contribution in [1.29, 1.82) is 0 Å². The molecule has 0 fully saturated rings. The molecule has 1 aromatic carbocycles. The van der Waals surface area contributed by atoms with E-state index in [1.54, 1.807) is 0 Å². The maximum Gasteiger partial charge on any atom is 0.0726 e. The molecule has 19 heavy (non-hydrogen) atoms. The number of nitrogens with zero attached hydrogens (tertiary/aromatic N) is 1. The van der Waals surface area contributed by atoms with Crippen LogP contribution in [0.25, 0.3) is 10.9 Å². The summed E-state index contributed by atoms with van der Waals surface area (Å²) in [4.78, 5) is 4.59. The zero-order valence-corrected chi connectivity index (χ0v) is 11.4. The predicted octanol–water partition coefficient (Wildman–Crippen LogP) is 2.27. The molecule has 0 saturated heterocycles. The fourth-order valence-electron chi connectivity index (χ4n) is 2.07. The zero-order valence-electron chi connectivity index (χ0n) is 11.4. The van der Waals surface area contributed by atoms with Crippen molar-refractivity contribution in [3.05, 3.63) is 35.5 Å². The molecule has 0 radical (unpaired) electrons. The minimum atomic E-state index is 0.0658. The van der Waals surface area contributed by atoms with Crippen LogP contribution in [0.5, 0.6) is 0 Å². The highest BCUT2D eigenvalue weighted by Crippen LogP contribution is 2.27. The molecule has 0 atom stereocenters. The summed E-state index contributed by atoms with van der Waals surface area (Å²) in [5.74, 6) is 0. The SMILES string of the molecule is Cc1nc2ccccc2c(NCCOCCO)c1C. The molecule has 0 aliphatic heterocycles. The van der Waals surface area contributed by atoms with Crippen molar-refractivity contribution in [3.8, 4) is 0 Å². The molecule has 2 N–H and O–H groups in total. The van der Waals surface area contributed by atoms with Gasteiger partial charge >= 0.3 is 0 Å². The summed E-state index contributed by atoms with van der Waals surface area (Å²) >= 11 is 0. The first kappa shape index (κ1) is 13.8. The predicted molar refractivity (Wildman–Crippen MR) is 77.6 cm³/mol. The van der Waals surface area contributed by atoms with Crippen molar-refractivity contribution in [3.63, 3.8) is 0 Å². The van der Waals surface area contributed by atoms with Gasteiger partial charge in [0.1, 0.15) is 0 Å². The third-order valence-corrected chi connectivity index (χ3v) is 3.16. The lowest BCUT2D eigenvalue weighted by Gasteiger charge is -2.14. The van der Waals surface area contributed by atoms with Crippen LogP contribution in [-0.2, 0) is 4.74 Å². The number of rotatable bonds is 6. The van der Waals surface area contributed by atoms with Crippen LogP contribution in [0.3, 0.4) is 0 Å². The minimum Gasteiger partial charge on any atom is -0.394 e. The number of hydrogen-bond donors (Lipinski definition) is 2. The number of aliphatic hydroxyl groups excluding tert-OH is 1. The van der Waals surface area contributed by atoms with Gasteiger partial charge in [-0.2, -0.15) is 0 Å². The average Bonchev–Trinajstić information content (AvgIpc) is 2.42. The first-order valence-corrected chi connectivity index (χ1v) is 6.52. The third kappa shape index (κ3) is 3.22. The summed E-state index contributed by atoms with van der Waals surface area (Å²) < 4.78 is 5.26. The average molecular weight is 260 g/mol. The summed E-state index contributed by atoms with van der Waals surface area (Å²) in [5.41, 5.74) is 4.33. The number of nitrogens with one attached hydrogen (secondary N) is 1. The quantitative estimate of drug-likeness (QED) is 0.782. The second kappa shape index (κ2) is 6.50. The van der Waals surface area contributed by atoms with Crippen molar-refractivity contribution in [1.82, 2.24) is 4.98 Å². The number of ether oxygens (including phenoxy) is 1. The lowest BCUT2D eigenvalue weighted by Crippen LogP contribution is -2.12. The van der Waals surface area contributed by atoms with E-state index >= 15 is 0 Å². The Hall–Kier alpha value is -1.65. The summed E-state index contributed by atoms with van der Waals surface area (Å²) in [7, 11) is 0. The highest BCUT2D eigenvalue weighted by Gasteiger charge is 2.08. The molecule has 0 unspecified atom stereocenters.